The van der Waals surface area contributed by atoms with Crippen LogP contribution in [0.5, 0.6) is 0 Å². The van der Waals surface area contributed by atoms with E-state index in [0.717, 1.165) is 12.8 Å². The van der Waals surface area contributed by atoms with Crippen LogP contribution in [-0.2, 0) is 9.53 Å². The predicted octanol–water partition coefficient (Wildman–Crippen LogP) is 1.70. The number of ether oxygens (including phenoxy) is 1. The predicted molar refractivity (Wildman–Crippen MR) is 75.6 cm³/mol. The number of hydrogen-bond donors (Lipinski definition) is 2. The molecule has 20 heavy (non-hydrogen) atoms. The van der Waals surface area contributed by atoms with Crippen LogP contribution in [0.2, 0.25) is 0 Å². The number of rotatable bonds is 6. The minimum atomic E-state index is -0.723. The Morgan fingerprint density at radius 2 is 1.95 bits per heavy atom. The molecule has 116 valence electrons. The van der Waals surface area contributed by atoms with Gasteiger partial charge in [0.15, 0.2) is 0 Å². The van der Waals surface area contributed by atoms with Gasteiger partial charge in [-0.1, -0.05) is 0 Å². The Morgan fingerprint density at radius 3 is 2.40 bits per heavy atom. The number of carboxylic acid groups (broad SMARTS) is 1. The maximum Gasteiger partial charge on any atom is 0.317 e. The van der Waals surface area contributed by atoms with Crippen molar-refractivity contribution in [3.8, 4) is 0 Å². The van der Waals surface area contributed by atoms with Crippen LogP contribution in [-0.4, -0.2) is 54.4 Å². The van der Waals surface area contributed by atoms with Gasteiger partial charge in [0, 0.05) is 19.7 Å². The molecule has 6 nitrogen and oxygen atoms in total. The highest BCUT2D eigenvalue weighted by Gasteiger charge is 2.28. The number of carboxylic acids is 1. The van der Waals surface area contributed by atoms with Gasteiger partial charge in [-0.05, 0) is 39.5 Å². The number of likely N-dealkylation sites (N-methyl/N-ethyl adjacent to an activating group) is 1. The number of methoxy groups -OCH3 is 1. The SMILES string of the molecule is CCN(C(=O)NC1CCC(C(=O)O)CC1)C(C)COC. The molecule has 1 saturated carbocycles. The number of carbonyl (C=O) groups is 2. The van der Waals surface area contributed by atoms with Crippen LogP contribution in [0.25, 0.3) is 0 Å². The van der Waals surface area contributed by atoms with Gasteiger partial charge in [0.25, 0.3) is 0 Å². The molecule has 0 radical (unpaired) electrons. The second-order valence-corrected chi connectivity index (χ2v) is 5.43. The third-order valence-electron chi connectivity index (χ3n) is 3.95. The highest BCUT2D eigenvalue weighted by Crippen LogP contribution is 2.24. The van der Waals surface area contributed by atoms with Crippen molar-refractivity contribution < 1.29 is 19.4 Å². The van der Waals surface area contributed by atoms with Gasteiger partial charge in [0.05, 0.1) is 18.6 Å². The molecule has 2 amide bonds. The van der Waals surface area contributed by atoms with Gasteiger partial charge < -0.3 is 20.1 Å². The molecule has 2 N–H and O–H groups in total. The molecule has 1 rings (SSSR count). The van der Waals surface area contributed by atoms with E-state index in [1.807, 2.05) is 13.8 Å². The fraction of sp³-hybridized carbons (Fsp3) is 0.857. The highest BCUT2D eigenvalue weighted by molar-refractivity contribution is 5.75. The van der Waals surface area contributed by atoms with Gasteiger partial charge in [-0.3, -0.25) is 4.79 Å². The summed E-state index contributed by atoms with van der Waals surface area (Å²) >= 11 is 0. The van der Waals surface area contributed by atoms with E-state index in [4.69, 9.17) is 9.84 Å². The Hall–Kier alpha value is -1.30. The first-order valence-electron chi connectivity index (χ1n) is 7.28. The van der Waals surface area contributed by atoms with Crippen molar-refractivity contribution in [3.05, 3.63) is 0 Å². The number of hydrogen-bond acceptors (Lipinski definition) is 3. The Kier molecular flexibility index (Phi) is 6.78. The summed E-state index contributed by atoms with van der Waals surface area (Å²) in [4.78, 5) is 24.8. The molecule has 1 atom stereocenters. The smallest absolute Gasteiger partial charge is 0.317 e. The quantitative estimate of drug-likeness (QED) is 0.779. The second kappa shape index (κ2) is 8.09. The number of nitrogens with one attached hydrogen (secondary N) is 1. The van der Waals surface area contributed by atoms with E-state index in [0.29, 0.717) is 26.0 Å². The number of amides is 2. The van der Waals surface area contributed by atoms with Gasteiger partial charge in [-0.2, -0.15) is 0 Å². The Labute approximate surface area is 120 Å². The molecule has 1 aliphatic rings. The van der Waals surface area contributed by atoms with E-state index in [1.165, 1.54) is 0 Å². The molecule has 0 saturated heterocycles. The zero-order chi connectivity index (χ0) is 15.1. The molecule has 6 heteroatoms. The molecular formula is C14H26N2O4. The van der Waals surface area contributed by atoms with Crippen LogP contribution in [0.4, 0.5) is 4.79 Å². The van der Waals surface area contributed by atoms with Crippen molar-refractivity contribution in [1.82, 2.24) is 10.2 Å². The fourth-order valence-electron chi connectivity index (χ4n) is 2.73. The summed E-state index contributed by atoms with van der Waals surface area (Å²) < 4.78 is 5.08. The molecule has 0 aromatic rings. The van der Waals surface area contributed by atoms with Crippen molar-refractivity contribution in [2.45, 2.75) is 51.6 Å². The third kappa shape index (κ3) is 4.67. The molecule has 0 heterocycles. The van der Waals surface area contributed by atoms with E-state index < -0.39 is 5.97 Å². The van der Waals surface area contributed by atoms with Crippen molar-refractivity contribution in [3.63, 3.8) is 0 Å². The van der Waals surface area contributed by atoms with Crippen LogP contribution in [0.3, 0.4) is 0 Å². The van der Waals surface area contributed by atoms with Gasteiger partial charge in [0.2, 0.25) is 0 Å². The number of carbonyl (C=O) groups excluding carboxylic acids is 1. The molecule has 1 fully saturated rings. The molecule has 0 bridgehead atoms. The molecule has 0 aromatic heterocycles. The molecule has 1 unspecified atom stereocenters. The molecule has 0 aromatic carbocycles. The van der Waals surface area contributed by atoms with Crippen molar-refractivity contribution >= 4 is 12.0 Å². The van der Waals surface area contributed by atoms with Gasteiger partial charge in [-0.25, -0.2) is 4.79 Å². The van der Waals surface area contributed by atoms with E-state index in [2.05, 4.69) is 5.32 Å². The van der Waals surface area contributed by atoms with Crippen molar-refractivity contribution in [2.75, 3.05) is 20.3 Å². The van der Waals surface area contributed by atoms with E-state index in [-0.39, 0.29) is 24.0 Å². The zero-order valence-corrected chi connectivity index (χ0v) is 12.6. The van der Waals surface area contributed by atoms with Crippen molar-refractivity contribution in [2.24, 2.45) is 5.92 Å². The van der Waals surface area contributed by atoms with Gasteiger partial charge in [0.1, 0.15) is 0 Å². The first-order valence-corrected chi connectivity index (χ1v) is 7.28. The largest absolute Gasteiger partial charge is 0.481 e. The minimum absolute atomic E-state index is 0.0281. The lowest BCUT2D eigenvalue weighted by molar-refractivity contribution is -0.142. The fourth-order valence-corrected chi connectivity index (χ4v) is 2.73. The standard InChI is InChI=1S/C14H26N2O4/c1-4-16(10(2)9-20-3)14(19)15-12-7-5-11(6-8-12)13(17)18/h10-12H,4-9H2,1-3H3,(H,15,19)(H,17,18). The Balaban J connectivity index is 2.43. The van der Waals surface area contributed by atoms with Crippen LogP contribution in [0.15, 0.2) is 0 Å². The Bertz CT molecular complexity index is 327. The van der Waals surface area contributed by atoms with E-state index >= 15 is 0 Å². The summed E-state index contributed by atoms with van der Waals surface area (Å²) in [6.45, 7) is 5.02. The monoisotopic (exact) mass is 286 g/mol. The molecule has 1 aliphatic carbocycles. The van der Waals surface area contributed by atoms with Gasteiger partial charge in [-0.15, -0.1) is 0 Å². The normalized spacial score (nSPS) is 23.9. The maximum atomic E-state index is 12.2. The Morgan fingerprint density at radius 1 is 1.35 bits per heavy atom. The molecule has 0 aliphatic heterocycles. The molecule has 0 spiro atoms. The third-order valence-corrected chi connectivity index (χ3v) is 3.95. The second-order valence-electron chi connectivity index (χ2n) is 5.43. The van der Waals surface area contributed by atoms with Gasteiger partial charge >= 0.3 is 12.0 Å². The highest BCUT2D eigenvalue weighted by atomic mass is 16.5. The maximum absolute atomic E-state index is 12.2. The summed E-state index contributed by atoms with van der Waals surface area (Å²) in [6, 6.07) is 0.0260. The summed E-state index contributed by atoms with van der Waals surface area (Å²) in [6.07, 6.45) is 2.75. The van der Waals surface area contributed by atoms with Crippen LogP contribution in [0, 0.1) is 5.92 Å². The summed E-state index contributed by atoms with van der Waals surface area (Å²) in [5.74, 6) is -0.975. The minimum Gasteiger partial charge on any atom is -0.481 e. The lowest BCUT2D eigenvalue weighted by Crippen LogP contribution is -2.50. The van der Waals surface area contributed by atoms with Crippen LogP contribution in [0.1, 0.15) is 39.5 Å². The van der Waals surface area contributed by atoms with E-state index in [1.54, 1.807) is 12.0 Å². The number of aliphatic carboxylic acids is 1. The first-order chi connectivity index (χ1) is 9.49. The van der Waals surface area contributed by atoms with Crippen LogP contribution >= 0.6 is 0 Å². The number of urea groups is 1. The van der Waals surface area contributed by atoms with E-state index in [9.17, 15) is 9.59 Å². The first kappa shape index (κ1) is 16.8. The average Bonchev–Trinajstić information content (AvgIpc) is 2.40. The average molecular weight is 286 g/mol. The summed E-state index contributed by atoms with van der Waals surface area (Å²) in [7, 11) is 1.62. The molecular weight excluding hydrogens is 260 g/mol. The number of nitrogens with zero attached hydrogens (tertiary/aromatic N) is 1. The summed E-state index contributed by atoms with van der Waals surface area (Å²) in [5.41, 5.74) is 0. The zero-order valence-electron chi connectivity index (χ0n) is 12.6. The lowest BCUT2D eigenvalue weighted by Gasteiger charge is -2.32. The van der Waals surface area contributed by atoms with Crippen molar-refractivity contribution in [1.29, 1.82) is 0 Å². The topological polar surface area (TPSA) is 78.9 Å². The van der Waals surface area contributed by atoms with Crippen LogP contribution < -0.4 is 5.32 Å². The lowest BCUT2D eigenvalue weighted by atomic mass is 9.86. The summed E-state index contributed by atoms with van der Waals surface area (Å²) in [5, 5.41) is 12.0.